The molecule has 0 amide bonds. The van der Waals surface area contributed by atoms with Gasteiger partial charge in [0.2, 0.25) is 0 Å². The molecule has 0 radical (unpaired) electrons. The van der Waals surface area contributed by atoms with E-state index in [9.17, 15) is 10.2 Å². The third kappa shape index (κ3) is 3.32. The van der Waals surface area contributed by atoms with Crippen LogP contribution in [-0.2, 0) is 9.47 Å². The molecular weight excluding hydrogens is 326 g/mol. The summed E-state index contributed by atoms with van der Waals surface area (Å²) in [6, 6.07) is 0. The van der Waals surface area contributed by atoms with Gasteiger partial charge in [-0.25, -0.2) is 15.0 Å². The monoisotopic (exact) mass is 351 g/mol. The normalized spacial score (nSPS) is 26.4. The van der Waals surface area contributed by atoms with Gasteiger partial charge in [-0.1, -0.05) is 13.3 Å². The van der Waals surface area contributed by atoms with E-state index < -0.39 is 24.5 Å². The smallest absolute Gasteiger partial charge is 0.167 e. The minimum absolute atomic E-state index is 0.290. The molecule has 138 valence electrons. The first-order valence-corrected chi connectivity index (χ1v) is 8.52. The van der Waals surface area contributed by atoms with Crippen LogP contribution >= 0.6 is 0 Å². The summed E-state index contributed by atoms with van der Waals surface area (Å²) < 4.78 is 12.9. The molecule has 3 heterocycles. The maximum Gasteiger partial charge on any atom is 0.167 e. The Labute approximate surface area is 146 Å². The molecule has 4 atom stereocenters. The zero-order chi connectivity index (χ0) is 18.0. The van der Waals surface area contributed by atoms with E-state index in [2.05, 4.69) is 27.2 Å². The fourth-order valence-electron chi connectivity index (χ4n) is 3.07. The molecule has 3 rings (SSSR count). The average Bonchev–Trinajstić information content (AvgIpc) is 3.15. The first-order valence-electron chi connectivity index (χ1n) is 8.52. The summed E-state index contributed by atoms with van der Waals surface area (Å²) in [4.78, 5) is 13.3. The van der Waals surface area contributed by atoms with Gasteiger partial charge < -0.3 is 25.0 Å². The van der Waals surface area contributed by atoms with Crippen LogP contribution in [0.25, 0.3) is 11.2 Å². The van der Waals surface area contributed by atoms with Crippen LogP contribution < -0.4 is 5.32 Å². The van der Waals surface area contributed by atoms with E-state index in [1.54, 1.807) is 10.9 Å². The molecule has 3 N–H and O–H groups in total. The first-order chi connectivity index (χ1) is 12.1. The Morgan fingerprint density at radius 3 is 2.88 bits per heavy atom. The molecule has 1 aliphatic heterocycles. The Balaban J connectivity index is 1.97. The second-order valence-corrected chi connectivity index (χ2v) is 6.16. The predicted molar refractivity (Wildman–Crippen MR) is 91.3 cm³/mol. The number of fused-ring (bicyclic) bond motifs is 1. The quantitative estimate of drug-likeness (QED) is 0.622. The first kappa shape index (κ1) is 18.0. The van der Waals surface area contributed by atoms with E-state index in [-0.39, 0.29) is 6.61 Å². The van der Waals surface area contributed by atoms with Gasteiger partial charge in [-0.2, -0.15) is 0 Å². The third-order valence-electron chi connectivity index (χ3n) is 4.40. The minimum Gasteiger partial charge on any atom is -0.394 e. The molecule has 0 unspecified atom stereocenters. The zero-order valence-corrected chi connectivity index (χ0v) is 14.7. The molecule has 1 saturated heterocycles. The minimum atomic E-state index is -0.928. The molecule has 25 heavy (non-hydrogen) atoms. The molecule has 2 aromatic rings. The van der Waals surface area contributed by atoms with Crippen molar-refractivity contribution in [2.75, 3.05) is 25.6 Å². The van der Waals surface area contributed by atoms with Crippen LogP contribution in [0.3, 0.4) is 0 Å². The van der Waals surface area contributed by atoms with Gasteiger partial charge in [0.15, 0.2) is 23.2 Å². The Hall–Kier alpha value is -1.81. The van der Waals surface area contributed by atoms with Gasteiger partial charge >= 0.3 is 0 Å². The maximum atomic E-state index is 10.3. The summed E-state index contributed by atoms with van der Waals surface area (Å²) in [5.74, 6) is 1.29. The van der Waals surface area contributed by atoms with Crippen molar-refractivity contribution in [2.24, 2.45) is 0 Å². The fraction of sp³-hybridized carbons (Fsp3) is 0.688. The van der Waals surface area contributed by atoms with Crippen molar-refractivity contribution in [1.29, 1.82) is 0 Å². The maximum absolute atomic E-state index is 10.3. The van der Waals surface area contributed by atoms with Crippen LogP contribution in [0.2, 0.25) is 0 Å². The zero-order valence-electron chi connectivity index (χ0n) is 14.7. The van der Waals surface area contributed by atoms with Crippen molar-refractivity contribution in [2.45, 2.75) is 51.2 Å². The molecule has 1 aliphatic rings. The second kappa shape index (κ2) is 7.61. The predicted octanol–water partition coefficient (Wildman–Crippen LogP) is 0.612. The number of unbranched alkanes of at least 4 members (excludes halogenated alkanes) is 1. The highest BCUT2D eigenvalue weighted by Gasteiger charge is 2.45. The number of aryl methyl sites for hydroxylation is 1. The number of nitrogens with one attached hydrogen (secondary N) is 1. The van der Waals surface area contributed by atoms with Gasteiger partial charge in [0.05, 0.1) is 12.9 Å². The number of rotatable bonds is 7. The number of hydrogen-bond donors (Lipinski definition) is 3. The van der Waals surface area contributed by atoms with Gasteiger partial charge in [-0.15, -0.1) is 0 Å². The number of aromatic nitrogens is 4. The van der Waals surface area contributed by atoms with E-state index in [0.29, 0.717) is 22.8 Å². The molecule has 2 aromatic heterocycles. The highest BCUT2D eigenvalue weighted by molar-refractivity contribution is 5.83. The van der Waals surface area contributed by atoms with Crippen molar-refractivity contribution < 1.29 is 19.7 Å². The van der Waals surface area contributed by atoms with Gasteiger partial charge in [-0.3, -0.25) is 4.57 Å². The fourth-order valence-corrected chi connectivity index (χ4v) is 3.07. The standard InChI is InChI=1S/C16H25N5O4/c1-4-5-6-17-14-11-15(20-9(2)19-14)21(8-18-11)16-13(24-3)12(23)10(7-22)25-16/h8,10,12-13,16,22-23H,4-7H2,1-3H3,(H,17,19,20)/t10-,12-,13-,16-/m1/s1. The van der Waals surface area contributed by atoms with Crippen molar-refractivity contribution in [1.82, 2.24) is 19.5 Å². The molecule has 0 spiro atoms. The van der Waals surface area contributed by atoms with Crippen LogP contribution in [0.15, 0.2) is 6.33 Å². The largest absolute Gasteiger partial charge is 0.394 e. The Morgan fingerprint density at radius 2 is 2.20 bits per heavy atom. The molecule has 0 aliphatic carbocycles. The Morgan fingerprint density at radius 1 is 1.40 bits per heavy atom. The van der Waals surface area contributed by atoms with Crippen LogP contribution in [0, 0.1) is 6.92 Å². The second-order valence-electron chi connectivity index (χ2n) is 6.16. The van der Waals surface area contributed by atoms with Gasteiger partial charge in [0.25, 0.3) is 0 Å². The molecule has 9 nitrogen and oxygen atoms in total. The SMILES string of the molecule is CCCCNc1nc(C)nc2c1ncn2[C@@H]1O[C@H](CO)[C@@H](O)[C@H]1OC. The summed E-state index contributed by atoms with van der Waals surface area (Å²) in [6.07, 6.45) is 0.835. The number of ether oxygens (including phenoxy) is 2. The number of aliphatic hydroxyl groups is 2. The van der Waals surface area contributed by atoms with Gasteiger partial charge in [0.1, 0.15) is 24.1 Å². The Bertz CT molecular complexity index is 722. The number of anilines is 1. The van der Waals surface area contributed by atoms with Crippen molar-refractivity contribution in [3.05, 3.63) is 12.2 Å². The lowest BCUT2D eigenvalue weighted by atomic mass is 10.1. The number of methoxy groups -OCH3 is 1. The van der Waals surface area contributed by atoms with Crippen LogP contribution in [-0.4, -0.2) is 68.3 Å². The third-order valence-corrected chi connectivity index (χ3v) is 4.40. The van der Waals surface area contributed by atoms with Crippen LogP contribution in [0.1, 0.15) is 31.8 Å². The lowest BCUT2D eigenvalue weighted by molar-refractivity contribution is -0.0583. The number of aliphatic hydroxyl groups excluding tert-OH is 2. The van der Waals surface area contributed by atoms with E-state index in [0.717, 1.165) is 19.4 Å². The molecule has 1 fully saturated rings. The van der Waals surface area contributed by atoms with E-state index in [4.69, 9.17) is 9.47 Å². The van der Waals surface area contributed by atoms with E-state index in [1.807, 2.05) is 6.92 Å². The molecule has 0 bridgehead atoms. The van der Waals surface area contributed by atoms with Crippen molar-refractivity contribution >= 4 is 17.0 Å². The highest BCUT2D eigenvalue weighted by Crippen LogP contribution is 2.33. The summed E-state index contributed by atoms with van der Waals surface area (Å²) in [7, 11) is 1.50. The molecule has 0 aromatic carbocycles. The summed E-state index contributed by atoms with van der Waals surface area (Å²) in [6.45, 7) is 4.46. The summed E-state index contributed by atoms with van der Waals surface area (Å²) >= 11 is 0. The highest BCUT2D eigenvalue weighted by atomic mass is 16.6. The van der Waals surface area contributed by atoms with Crippen LogP contribution in [0.5, 0.6) is 0 Å². The summed E-state index contributed by atoms with van der Waals surface area (Å²) in [5, 5.41) is 22.9. The molecule has 0 saturated carbocycles. The number of imidazole rings is 1. The average molecular weight is 351 g/mol. The number of nitrogens with zero attached hydrogens (tertiary/aromatic N) is 4. The van der Waals surface area contributed by atoms with Crippen molar-refractivity contribution in [3.63, 3.8) is 0 Å². The van der Waals surface area contributed by atoms with E-state index >= 15 is 0 Å². The molecular formula is C16H25N5O4. The lowest BCUT2D eigenvalue weighted by Gasteiger charge is -2.20. The van der Waals surface area contributed by atoms with Gasteiger partial charge in [0, 0.05) is 13.7 Å². The topological polar surface area (TPSA) is 115 Å². The Kier molecular flexibility index (Phi) is 5.48. The van der Waals surface area contributed by atoms with E-state index in [1.165, 1.54) is 7.11 Å². The van der Waals surface area contributed by atoms with Gasteiger partial charge in [-0.05, 0) is 13.3 Å². The number of hydrogen-bond acceptors (Lipinski definition) is 8. The lowest BCUT2D eigenvalue weighted by Crippen LogP contribution is -2.34. The van der Waals surface area contributed by atoms with Crippen LogP contribution in [0.4, 0.5) is 5.82 Å². The summed E-state index contributed by atoms with van der Waals surface area (Å²) in [5.41, 5.74) is 1.24. The molecule has 9 heteroatoms. The van der Waals surface area contributed by atoms with Crippen molar-refractivity contribution in [3.8, 4) is 0 Å².